The highest BCUT2D eigenvalue weighted by Gasteiger charge is 2.39. The summed E-state index contributed by atoms with van der Waals surface area (Å²) in [6.45, 7) is 5.40. The van der Waals surface area contributed by atoms with Crippen LogP contribution < -0.4 is 0 Å². The van der Waals surface area contributed by atoms with E-state index in [2.05, 4.69) is 18.7 Å². The van der Waals surface area contributed by atoms with Gasteiger partial charge in [0.15, 0.2) is 0 Å². The Kier molecular flexibility index (Phi) is 4.36. The molecule has 0 aromatic carbocycles. The SMILES string of the molecule is C[C@@H]1C[C@H](C)C[C@](CC(=O)O)(CN(C)C)C1. The zero-order chi connectivity index (χ0) is 12.3. The van der Waals surface area contributed by atoms with Crippen molar-refractivity contribution in [2.45, 2.75) is 39.5 Å². The second-order valence-corrected chi connectivity index (χ2v) is 6.16. The zero-order valence-electron chi connectivity index (χ0n) is 11.0. The molecule has 0 radical (unpaired) electrons. The predicted molar refractivity (Wildman–Crippen MR) is 65.4 cm³/mol. The summed E-state index contributed by atoms with van der Waals surface area (Å²) >= 11 is 0. The molecular formula is C13H25NO2. The third-order valence-corrected chi connectivity index (χ3v) is 3.55. The average Bonchev–Trinajstić information content (AvgIpc) is 1.95. The molecule has 94 valence electrons. The summed E-state index contributed by atoms with van der Waals surface area (Å²) in [5, 5.41) is 9.10. The van der Waals surface area contributed by atoms with Gasteiger partial charge in [-0.25, -0.2) is 0 Å². The van der Waals surface area contributed by atoms with Crippen LogP contribution in [-0.4, -0.2) is 36.6 Å². The molecule has 1 fully saturated rings. The quantitative estimate of drug-likeness (QED) is 0.802. The van der Waals surface area contributed by atoms with Gasteiger partial charge in [0.2, 0.25) is 0 Å². The molecule has 1 N–H and O–H groups in total. The van der Waals surface area contributed by atoms with Gasteiger partial charge in [0, 0.05) is 6.54 Å². The molecule has 0 saturated heterocycles. The van der Waals surface area contributed by atoms with E-state index in [1.54, 1.807) is 0 Å². The van der Waals surface area contributed by atoms with Crippen molar-refractivity contribution in [3.05, 3.63) is 0 Å². The maximum absolute atomic E-state index is 11.0. The second-order valence-electron chi connectivity index (χ2n) is 6.16. The Labute approximate surface area is 98.8 Å². The van der Waals surface area contributed by atoms with Gasteiger partial charge in [-0.05, 0) is 50.6 Å². The van der Waals surface area contributed by atoms with Gasteiger partial charge in [-0.15, -0.1) is 0 Å². The van der Waals surface area contributed by atoms with Crippen LogP contribution in [0.25, 0.3) is 0 Å². The first-order valence-electron chi connectivity index (χ1n) is 6.19. The van der Waals surface area contributed by atoms with E-state index in [0.29, 0.717) is 18.3 Å². The summed E-state index contributed by atoms with van der Waals surface area (Å²) in [6, 6.07) is 0. The van der Waals surface area contributed by atoms with E-state index < -0.39 is 5.97 Å². The Hall–Kier alpha value is -0.570. The first-order chi connectivity index (χ1) is 7.33. The smallest absolute Gasteiger partial charge is 0.303 e. The molecule has 0 aliphatic heterocycles. The van der Waals surface area contributed by atoms with Gasteiger partial charge in [0.25, 0.3) is 0 Å². The highest BCUT2D eigenvalue weighted by molar-refractivity contribution is 5.67. The first-order valence-corrected chi connectivity index (χ1v) is 6.19. The van der Waals surface area contributed by atoms with Crippen LogP contribution in [0.3, 0.4) is 0 Å². The minimum Gasteiger partial charge on any atom is -0.481 e. The summed E-state index contributed by atoms with van der Waals surface area (Å²) in [7, 11) is 4.07. The highest BCUT2D eigenvalue weighted by Crippen LogP contribution is 2.44. The highest BCUT2D eigenvalue weighted by atomic mass is 16.4. The second kappa shape index (κ2) is 5.17. The third kappa shape index (κ3) is 3.78. The third-order valence-electron chi connectivity index (χ3n) is 3.55. The fourth-order valence-electron chi connectivity index (χ4n) is 3.74. The van der Waals surface area contributed by atoms with E-state index >= 15 is 0 Å². The summed E-state index contributed by atoms with van der Waals surface area (Å²) in [5.41, 5.74) is -0.00752. The molecule has 1 rings (SSSR count). The van der Waals surface area contributed by atoms with E-state index in [-0.39, 0.29) is 5.41 Å². The van der Waals surface area contributed by atoms with Crippen molar-refractivity contribution in [3.63, 3.8) is 0 Å². The first kappa shape index (κ1) is 13.5. The molecule has 3 heteroatoms. The standard InChI is InChI=1S/C13H25NO2/c1-10-5-11(2)7-13(6-10,8-12(15)16)9-14(3)4/h10-11H,5-9H2,1-4H3,(H,15,16)/t10-,11+,13-. The summed E-state index contributed by atoms with van der Waals surface area (Å²) < 4.78 is 0. The minimum absolute atomic E-state index is 0.00752. The zero-order valence-corrected chi connectivity index (χ0v) is 11.0. The number of hydrogen-bond donors (Lipinski definition) is 1. The lowest BCUT2D eigenvalue weighted by Crippen LogP contribution is -2.41. The van der Waals surface area contributed by atoms with Crippen LogP contribution >= 0.6 is 0 Å². The molecule has 3 atom stereocenters. The van der Waals surface area contributed by atoms with Gasteiger partial charge in [-0.3, -0.25) is 4.79 Å². The summed E-state index contributed by atoms with van der Waals surface area (Å²) in [6.07, 6.45) is 3.68. The number of carboxylic acids is 1. The Balaban J connectivity index is 2.79. The van der Waals surface area contributed by atoms with Gasteiger partial charge in [-0.2, -0.15) is 0 Å². The number of rotatable bonds is 4. The molecule has 0 amide bonds. The van der Waals surface area contributed by atoms with Crippen molar-refractivity contribution >= 4 is 5.97 Å². The van der Waals surface area contributed by atoms with Crippen LogP contribution in [0.2, 0.25) is 0 Å². The summed E-state index contributed by atoms with van der Waals surface area (Å²) in [5.74, 6) is 0.661. The molecule has 3 nitrogen and oxygen atoms in total. The minimum atomic E-state index is -0.650. The van der Waals surface area contributed by atoms with E-state index in [4.69, 9.17) is 5.11 Å². The van der Waals surface area contributed by atoms with E-state index in [1.165, 1.54) is 6.42 Å². The van der Waals surface area contributed by atoms with Crippen molar-refractivity contribution in [2.24, 2.45) is 17.3 Å². The van der Waals surface area contributed by atoms with Crippen LogP contribution in [0.5, 0.6) is 0 Å². The number of carbonyl (C=O) groups is 1. The van der Waals surface area contributed by atoms with Crippen molar-refractivity contribution < 1.29 is 9.90 Å². The number of carboxylic acid groups (broad SMARTS) is 1. The van der Waals surface area contributed by atoms with Crippen LogP contribution in [0.1, 0.15) is 39.5 Å². The van der Waals surface area contributed by atoms with Crippen LogP contribution in [-0.2, 0) is 4.79 Å². The van der Waals surface area contributed by atoms with Gasteiger partial charge in [0.1, 0.15) is 0 Å². The Morgan fingerprint density at radius 3 is 2.19 bits per heavy atom. The summed E-state index contributed by atoms with van der Waals surface area (Å²) in [4.78, 5) is 13.2. The molecular weight excluding hydrogens is 202 g/mol. The van der Waals surface area contributed by atoms with Crippen molar-refractivity contribution in [2.75, 3.05) is 20.6 Å². The largest absolute Gasteiger partial charge is 0.481 e. The lowest BCUT2D eigenvalue weighted by molar-refractivity contribution is -0.141. The molecule has 0 aromatic rings. The van der Waals surface area contributed by atoms with Crippen molar-refractivity contribution in [3.8, 4) is 0 Å². The van der Waals surface area contributed by atoms with Gasteiger partial charge < -0.3 is 10.0 Å². The molecule has 1 saturated carbocycles. The molecule has 0 spiro atoms. The molecule has 16 heavy (non-hydrogen) atoms. The molecule has 1 aliphatic carbocycles. The van der Waals surface area contributed by atoms with E-state index in [0.717, 1.165) is 19.4 Å². The molecule has 0 aromatic heterocycles. The molecule has 1 aliphatic rings. The molecule has 0 unspecified atom stereocenters. The predicted octanol–water partition coefficient (Wildman–Crippen LogP) is 2.47. The number of hydrogen-bond acceptors (Lipinski definition) is 2. The van der Waals surface area contributed by atoms with Gasteiger partial charge in [-0.1, -0.05) is 13.8 Å². The Morgan fingerprint density at radius 1 is 1.31 bits per heavy atom. The maximum Gasteiger partial charge on any atom is 0.303 e. The fraction of sp³-hybridized carbons (Fsp3) is 0.923. The monoisotopic (exact) mass is 227 g/mol. The van der Waals surface area contributed by atoms with Gasteiger partial charge >= 0.3 is 5.97 Å². The van der Waals surface area contributed by atoms with Gasteiger partial charge in [0.05, 0.1) is 6.42 Å². The number of aliphatic carboxylic acids is 1. The Morgan fingerprint density at radius 2 is 1.81 bits per heavy atom. The maximum atomic E-state index is 11.0. The van der Waals surface area contributed by atoms with E-state index in [1.807, 2.05) is 14.1 Å². The van der Waals surface area contributed by atoms with Crippen molar-refractivity contribution in [1.29, 1.82) is 0 Å². The van der Waals surface area contributed by atoms with Crippen LogP contribution in [0, 0.1) is 17.3 Å². The van der Waals surface area contributed by atoms with Crippen molar-refractivity contribution in [1.82, 2.24) is 4.90 Å². The lowest BCUT2D eigenvalue weighted by Gasteiger charge is -2.43. The molecule has 0 bridgehead atoms. The number of nitrogens with zero attached hydrogens (tertiary/aromatic N) is 1. The normalized spacial score (nSPS) is 35.3. The Bertz CT molecular complexity index is 235. The van der Waals surface area contributed by atoms with Crippen LogP contribution in [0.4, 0.5) is 0 Å². The fourth-order valence-corrected chi connectivity index (χ4v) is 3.74. The van der Waals surface area contributed by atoms with Crippen LogP contribution in [0.15, 0.2) is 0 Å². The lowest BCUT2D eigenvalue weighted by atomic mass is 9.64. The van der Waals surface area contributed by atoms with E-state index in [9.17, 15) is 4.79 Å². The topological polar surface area (TPSA) is 40.5 Å². The molecule has 0 heterocycles. The average molecular weight is 227 g/mol.